The third-order valence-corrected chi connectivity index (χ3v) is 6.05. The number of anilines is 1. The lowest BCUT2D eigenvalue weighted by molar-refractivity contribution is 0.356. The van der Waals surface area contributed by atoms with Crippen LogP contribution in [0.3, 0.4) is 0 Å². The molecule has 1 aliphatic rings. The lowest BCUT2D eigenvalue weighted by Crippen LogP contribution is -2.36. The molecule has 0 aliphatic carbocycles. The van der Waals surface area contributed by atoms with E-state index >= 15 is 0 Å². The van der Waals surface area contributed by atoms with Crippen LogP contribution in [0.25, 0.3) is 17.2 Å². The monoisotopic (exact) mass is 424 g/mol. The number of fused-ring (bicyclic) bond motifs is 2. The summed E-state index contributed by atoms with van der Waals surface area (Å²) in [5.41, 5.74) is 9.89. The molecule has 3 aromatic rings. The first-order chi connectivity index (χ1) is 14.4. The van der Waals surface area contributed by atoms with Gasteiger partial charge in [-0.05, 0) is 57.0 Å². The van der Waals surface area contributed by atoms with E-state index in [0.29, 0.717) is 11.3 Å². The highest BCUT2D eigenvalue weighted by molar-refractivity contribution is 7.99. The molecule has 0 atom stereocenters. The second-order valence-corrected chi connectivity index (χ2v) is 9.42. The van der Waals surface area contributed by atoms with Gasteiger partial charge in [-0.3, -0.25) is 0 Å². The summed E-state index contributed by atoms with van der Waals surface area (Å²) in [6.07, 6.45) is 5.26. The van der Waals surface area contributed by atoms with Crippen molar-refractivity contribution >= 4 is 34.8 Å². The molecule has 0 bridgehead atoms. The maximum Gasteiger partial charge on any atom is 0.175 e. The Morgan fingerprint density at radius 2 is 2.17 bits per heavy atom. The van der Waals surface area contributed by atoms with Crippen molar-refractivity contribution in [3.05, 3.63) is 36.2 Å². The predicted molar refractivity (Wildman–Crippen MR) is 122 cm³/mol. The van der Waals surface area contributed by atoms with Crippen LogP contribution in [-0.2, 0) is 13.0 Å². The molecule has 2 aromatic heterocycles. The van der Waals surface area contributed by atoms with Crippen LogP contribution >= 0.6 is 11.8 Å². The van der Waals surface area contributed by atoms with Crippen LogP contribution in [0.15, 0.2) is 35.1 Å². The summed E-state index contributed by atoms with van der Waals surface area (Å²) >= 11 is 1.59. The molecule has 0 radical (unpaired) electrons. The van der Waals surface area contributed by atoms with Crippen molar-refractivity contribution in [3.63, 3.8) is 0 Å². The van der Waals surface area contributed by atoms with Gasteiger partial charge in [0.1, 0.15) is 12.1 Å². The fraction of sp³-hybridized carbons (Fsp3) is 0.409. The zero-order chi connectivity index (χ0) is 21.3. The smallest absolute Gasteiger partial charge is 0.175 e. The van der Waals surface area contributed by atoms with Gasteiger partial charge in [0.05, 0.1) is 6.61 Å². The molecule has 1 aromatic carbocycles. The Hall–Kier alpha value is -2.58. The van der Waals surface area contributed by atoms with Crippen LogP contribution in [0.4, 0.5) is 5.82 Å². The van der Waals surface area contributed by atoms with Crippen molar-refractivity contribution in [2.75, 3.05) is 18.9 Å². The van der Waals surface area contributed by atoms with E-state index in [1.807, 2.05) is 6.08 Å². The maximum absolute atomic E-state index is 6.09. The van der Waals surface area contributed by atoms with Gasteiger partial charge in [0.25, 0.3) is 0 Å². The van der Waals surface area contributed by atoms with Crippen LogP contribution in [0.2, 0.25) is 0 Å². The van der Waals surface area contributed by atoms with E-state index in [1.165, 1.54) is 11.9 Å². The quantitative estimate of drug-likeness (QED) is 0.556. The number of ether oxygens (including phenoxy) is 1. The molecular formula is C22H28N6OS. The average molecular weight is 425 g/mol. The number of hydrogen-bond acceptors (Lipinski definition) is 7. The number of nitrogens with zero attached hydrogens (tertiary/aromatic N) is 4. The third kappa shape index (κ3) is 4.29. The maximum atomic E-state index is 6.09. The van der Waals surface area contributed by atoms with Crippen LogP contribution in [0.5, 0.6) is 5.75 Å². The van der Waals surface area contributed by atoms with Crippen molar-refractivity contribution < 1.29 is 4.74 Å². The van der Waals surface area contributed by atoms with Crippen LogP contribution in [0, 0.1) is 0 Å². The summed E-state index contributed by atoms with van der Waals surface area (Å²) in [6.45, 7) is 12.9. The highest BCUT2D eigenvalue weighted by Gasteiger charge is 2.20. The van der Waals surface area contributed by atoms with Crippen LogP contribution in [-0.4, -0.2) is 38.2 Å². The molecule has 0 spiro atoms. The number of aromatic nitrogens is 4. The Morgan fingerprint density at radius 1 is 1.33 bits per heavy atom. The minimum Gasteiger partial charge on any atom is -0.493 e. The topological polar surface area (TPSA) is 90.9 Å². The van der Waals surface area contributed by atoms with Gasteiger partial charge in [-0.2, -0.15) is 0 Å². The van der Waals surface area contributed by atoms with Gasteiger partial charge in [-0.1, -0.05) is 24.4 Å². The van der Waals surface area contributed by atoms with Gasteiger partial charge in [-0.25, -0.2) is 15.0 Å². The first-order valence-corrected chi connectivity index (χ1v) is 11.0. The van der Waals surface area contributed by atoms with Crippen molar-refractivity contribution in [1.29, 1.82) is 0 Å². The molecule has 0 unspecified atom stereocenters. The summed E-state index contributed by atoms with van der Waals surface area (Å²) in [5.74, 6) is 1.34. The number of rotatable bonds is 7. The lowest BCUT2D eigenvalue weighted by atomic mass is 10.1. The predicted octanol–water partition coefficient (Wildman–Crippen LogP) is 3.92. The molecule has 7 nitrogen and oxygen atoms in total. The minimum atomic E-state index is 0.0878. The van der Waals surface area contributed by atoms with E-state index in [2.05, 4.69) is 59.3 Å². The van der Waals surface area contributed by atoms with Gasteiger partial charge in [0.2, 0.25) is 0 Å². The molecular weight excluding hydrogens is 396 g/mol. The standard InChI is InChI=1S/C22H28N6OS/c1-5-14-11-15-7-10-29-16(15)12-17(14)30-21-27-18-19(23)24-13-25-20(18)28(21)9-6-8-26-22(2,3)4/h5,11-13,26H,1,6-10H2,2-4H3,(H2,23,24,25). The summed E-state index contributed by atoms with van der Waals surface area (Å²) < 4.78 is 7.90. The molecule has 0 amide bonds. The van der Waals surface area contributed by atoms with Gasteiger partial charge in [-0.15, -0.1) is 0 Å². The number of nitrogen functional groups attached to an aromatic ring is 1. The largest absolute Gasteiger partial charge is 0.493 e. The first-order valence-electron chi connectivity index (χ1n) is 10.2. The van der Waals surface area contributed by atoms with Crippen molar-refractivity contribution in [2.45, 2.75) is 55.7 Å². The summed E-state index contributed by atoms with van der Waals surface area (Å²) in [6, 6.07) is 4.25. The van der Waals surface area contributed by atoms with E-state index in [9.17, 15) is 0 Å². The lowest BCUT2D eigenvalue weighted by Gasteiger charge is -2.20. The Kier molecular flexibility index (Phi) is 5.71. The average Bonchev–Trinajstić information content (AvgIpc) is 3.29. The molecule has 158 valence electrons. The first kappa shape index (κ1) is 20.7. The van der Waals surface area contributed by atoms with Gasteiger partial charge < -0.3 is 20.4 Å². The number of hydrogen-bond donors (Lipinski definition) is 2. The molecule has 8 heteroatoms. The summed E-state index contributed by atoms with van der Waals surface area (Å²) in [5, 5.41) is 4.37. The number of benzene rings is 1. The molecule has 3 heterocycles. The minimum absolute atomic E-state index is 0.0878. The fourth-order valence-corrected chi connectivity index (χ4v) is 4.53. The Bertz CT molecular complexity index is 1090. The van der Waals surface area contributed by atoms with E-state index in [1.54, 1.807) is 11.8 Å². The third-order valence-electron chi connectivity index (χ3n) is 4.98. The molecule has 3 N–H and O–H groups in total. The normalized spacial score (nSPS) is 13.4. The molecule has 0 saturated heterocycles. The van der Waals surface area contributed by atoms with Crippen molar-refractivity contribution in [1.82, 2.24) is 24.8 Å². The molecule has 4 rings (SSSR count). The van der Waals surface area contributed by atoms with Crippen LogP contribution < -0.4 is 15.8 Å². The van der Waals surface area contributed by atoms with Crippen LogP contribution in [0.1, 0.15) is 38.3 Å². The van der Waals surface area contributed by atoms with E-state index in [-0.39, 0.29) is 5.54 Å². The van der Waals surface area contributed by atoms with E-state index < -0.39 is 0 Å². The SMILES string of the molecule is C=Cc1cc2c(cc1Sc1nc3c(N)ncnc3n1CCCNC(C)(C)C)OCC2. The Balaban J connectivity index is 1.67. The van der Waals surface area contributed by atoms with E-state index in [4.69, 9.17) is 15.5 Å². The molecule has 1 aliphatic heterocycles. The number of nitrogens with one attached hydrogen (secondary N) is 1. The fourth-order valence-electron chi connectivity index (χ4n) is 3.49. The van der Waals surface area contributed by atoms with E-state index in [0.717, 1.165) is 59.6 Å². The Labute approximate surface area is 181 Å². The summed E-state index contributed by atoms with van der Waals surface area (Å²) in [4.78, 5) is 14.4. The highest BCUT2D eigenvalue weighted by Crippen LogP contribution is 2.38. The Morgan fingerprint density at radius 3 is 2.93 bits per heavy atom. The zero-order valence-electron chi connectivity index (χ0n) is 17.7. The van der Waals surface area contributed by atoms with Gasteiger partial charge in [0, 0.05) is 23.4 Å². The van der Waals surface area contributed by atoms with Gasteiger partial charge >= 0.3 is 0 Å². The van der Waals surface area contributed by atoms with Gasteiger partial charge in [0.15, 0.2) is 22.1 Å². The second kappa shape index (κ2) is 8.28. The second-order valence-electron chi connectivity index (χ2n) is 8.41. The molecule has 0 fully saturated rings. The highest BCUT2D eigenvalue weighted by atomic mass is 32.2. The number of nitrogens with two attached hydrogens (primary N) is 1. The van der Waals surface area contributed by atoms with Crippen molar-refractivity contribution in [3.8, 4) is 5.75 Å². The zero-order valence-corrected chi connectivity index (χ0v) is 18.6. The number of aryl methyl sites for hydroxylation is 1. The molecule has 0 saturated carbocycles. The van der Waals surface area contributed by atoms with Crippen molar-refractivity contribution in [2.24, 2.45) is 0 Å². The summed E-state index contributed by atoms with van der Waals surface area (Å²) in [7, 11) is 0. The molecule has 30 heavy (non-hydrogen) atoms. The number of imidazole rings is 1.